The molecule has 1 atom stereocenters. The third kappa shape index (κ3) is 4.48. The van der Waals surface area contributed by atoms with Crippen LogP contribution >= 0.6 is 0 Å². The minimum Gasteiger partial charge on any atom is -0.370 e. The molecular weight excluding hydrogens is 240 g/mol. The van der Waals surface area contributed by atoms with Crippen molar-refractivity contribution in [2.24, 2.45) is 11.7 Å². The molecule has 1 amide bonds. The molecule has 5 nitrogen and oxygen atoms in total. The van der Waals surface area contributed by atoms with Crippen LogP contribution in [0.4, 0.5) is 0 Å². The Hall–Kier alpha value is -1.12. The number of likely N-dealkylation sites (tertiary alicyclic amines) is 1. The lowest BCUT2D eigenvalue weighted by molar-refractivity contribution is -0.119. The van der Waals surface area contributed by atoms with Crippen molar-refractivity contribution in [2.45, 2.75) is 50.6 Å². The lowest BCUT2D eigenvalue weighted by atomic mass is 9.92. The number of primary amides is 1. The molecule has 106 valence electrons. The van der Waals surface area contributed by atoms with E-state index in [-0.39, 0.29) is 5.91 Å². The molecule has 1 saturated heterocycles. The Kier molecular flexibility index (Phi) is 4.43. The zero-order chi connectivity index (χ0) is 13.9. The van der Waals surface area contributed by atoms with E-state index in [2.05, 4.69) is 16.3 Å². The van der Waals surface area contributed by atoms with Crippen molar-refractivity contribution in [1.82, 2.24) is 10.2 Å². The topological polar surface area (TPSA) is 82.2 Å². The van der Waals surface area contributed by atoms with Gasteiger partial charge in [0.25, 0.3) is 0 Å². The van der Waals surface area contributed by atoms with Gasteiger partial charge in [-0.05, 0) is 51.6 Å². The highest BCUT2D eigenvalue weighted by Gasteiger charge is 2.34. The van der Waals surface area contributed by atoms with Crippen molar-refractivity contribution in [2.75, 3.05) is 19.6 Å². The van der Waals surface area contributed by atoms with Crippen molar-refractivity contribution < 1.29 is 4.79 Å². The second-order valence-corrected chi connectivity index (χ2v) is 6.25. The van der Waals surface area contributed by atoms with Gasteiger partial charge >= 0.3 is 0 Å². The van der Waals surface area contributed by atoms with Crippen LogP contribution in [0.5, 0.6) is 0 Å². The lowest BCUT2D eigenvalue weighted by Crippen LogP contribution is -2.52. The molecule has 0 aromatic rings. The second kappa shape index (κ2) is 5.89. The fourth-order valence-corrected chi connectivity index (χ4v) is 2.87. The number of carbonyl (C=O) groups excluding carboxylic acids is 1. The second-order valence-electron chi connectivity index (χ2n) is 6.25. The Labute approximate surface area is 115 Å². The summed E-state index contributed by atoms with van der Waals surface area (Å²) in [4.78, 5) is 13.2. The van der Waals surface area contributed by atoms with Gasteiger partial charge in [0.2, 0.25) is 5.91 Å². The molecular formula is C14H24N4O. The van der Waals surface area contributed by atoms with Gasteiger partial charge in [-0.15, -0.1) is 0 Å². The Morgan fingerprint density at radius 3 is 2.53 bits per heavy atom. The molecule has 3 N–H and O–H groups in total. The summed E-state index contributed by atoms with van der Waals surface area (Å²) in [6, 6.07) is 2.95. The van der Waals surface area contributed by atoms with Crippen molar-refractivity contribution >= 4 is 5.91 Å². The van der Waals surface area contributed by atoms with Gasteiger partial charge in [-0.3, -0.25) is 10.1 Å². The molecule has 1 aliphatic carbocycles. The largest absolute Gasteiger partial charge is 0.370 e. The molecule has 1 unspecified atom stereocenters. The molecule has 1 saturated carbocycles. The first kappa shape index (κ1) is 14.3. The molecule has 0 spiro atoms. The third-order valence-corrected chi connectivity index (χ3v) is 4.08. The van der Waals surface area contributed by atoms with Crippen molar-refractivity contribution in [1.29, 1.82) is 5.26 Å². The summed E-state index contributed by atoms with van der Waals surface area (Å²) in [6.07, 6.45) is 4.90. The summed E-state index contributed by atoms with van der Waals surface area (Å²) < 4.78 is 0. The Bertz CT molecular complexity index is 366. The predicted octanol–water partition coefficient (Wildman–Crippen LogP) is 0.608. The van der Waals surface area contributed by atoms with Crippen LogP contribution in [0.3, 0.4) is 0 Å². The zero-order valence-electron chi connectivity index (χ0n) is 11.7. The van der Waals surface area contributed by atoms with E-state index >= 15 is 0 Å². The number of nitrogens with two attached hydrogens (primary N) is 1. The molecule has 0 aromatic heterocycles. The normalized spacial score (nSPS) is 24.6. The fraction of sp³-hybridized carbons (Fsp3) is 0.857. The van der Waals surface area contributed by atoms with Crippen molar-refractivity contribution in [3.8, 4) is 6.07 Å². The maximum absolute atomic E-state index is 10.9. The summed E-state index contributed by atoms with van der Waals surface area (Å²) in [5, 5.41) is 12.8. The van der Waals surface area contributed by atoms with E-state index < -0.39 is 5.54 Å². The number of piperidine rings is 1. The third-order valence-electron chi connectivity index (χ3n) is 4.08. The maximum Gasteiger partial charge on any atom is 0.217 e. The molecule has 5 heteroatoms. The van der Waals surface area contributed by atoms with Gasteiger partial charge < -0.3 is 10.6 Å². The molecule has 1 aliphatic heterocycles. The van der Waals surface area contributed by atoms with Crippen LogP contribution in [0.2, 0.25) is 0 Å². The summed E-state index contributed by atoms with van der Waals surface area (Å²) in [6.45, 7) is 4.67. The van der Waals surface area contributed by atoms with Crippen LogP contribution < -0.4 is 11.1 Å². The summed E-state index contributed by atoms with van der Waals surface area (Å²) >= 11 is 0. The number of hydrogen-bond donors (Lipinski definition) is 2. The highest BCUT2D eigenvalue weighted by atomic mass is 16.1. The summed E-state index contributed by atoms with van der Waals surface area (Å²) in [7, 11) is 0. The number of carbonyl (C=O) groups is 1. The number of hydrogen-bond acceptors (Lipinski definition) is 4. The minimum atomic E-state index is -0.447. The SMILES string of the molecule is CC(C#N)(CN1CCC(CC(N)=O)CC1)NC1CC1. The molecule has 2 rings (SSSR count). The van der Waals surface area contributed by atoms with Crippen molar-refractivity contribution in [3.05, 3.63) is 0 Å². The first-order valence-corrected chi connectivity index (χ1v) is 7.20. The Balaban J connectivity index is 1.77. The highest BCUT2D eigenvalue weighted by molar-refractivity contribution is 5.73. The average molecular weight is 264 g/mol. The highest BCUT2D eigenvalue weighted by Crippen LogP contribution is 2.25. The van der Waals surface area contributed by atoms with Gasteiger partial charge in [0.15, 0.2) is 0 Å². The Morgan fingerprint density at radius 2 is 2.05 bits per heavy atom. The number of rotatable bonds is 6. The van der Waals surface area contributed by atoms with E-state index in [0.29, 0.717) is 18.4 Å². The fourth-order valence-electron chi connectivity index (χ4n) is 2.87. The van der Waals surface area contributed by atoms with Crippen LogP contribution in [-0.4, -0.2) is 42.0 Å². The van der Waals surface area contributed by atoms with Gasteiger partial charge in [0, 0.05) is 19.0 Å². The van der Waals surface area contributed by atoms with Crippen LogP contribution in [-0.2, 0) is 4.79 Å². The molecule has 1 heterocycles. The molecule has 19 heavy (non-hydrogen) atoms. The van der Waals surface area contributed by atoms with Crippen molar-refractivity contribution in [3.63, 3.8) is 0 Å². The van der Waals surface area contributed by atoms with Gasteiger partial charge in [-0.2, -0.15) is 5.26 Å². The van der Waals surface area contributed by atoms with E-state index in [1.54, 1.807) is 0 Å². The van der Waals surface area contributed by atoms with E-state index in [4.69, 9.17) is 5.73 Å². The van der Waals surface area contributed by atoms with Crippen LogP contribution in [0.15, 0.2) is 0 Å². The standard InChI is InChI=1S/C14H24N4O/c1-14(9-15,17-12-2-3-12)10-18-6-4-11(5-7-18)8-13(16)19/h11-12,17H,2-8,10H2,1H3,(H2,16,19). The van der Waals surface area contributed by atoms with Gasteiger partial charge in [0.1, 0.15) is 5.54 Å². The molecule has 0 aromatic carbocycles. The first-order valence-electron chi connectivity index (χ1n) is 7.20. The lowest BCUT2D eigenvalue weighted by Gasteiger charge is -2.36. The summed E-state index contributed by atoms with van der Waals surface area (Å²) in [5.74, 6) is 0.231. The zero-order valence-corrected chi connectivity index (χ0v) is 11.7. The molecule has 2 aliphatic rings. The van der Waals surface area contributed by atoms with E-state index in [9.17, 15) is 10.1 Å². The number of nitriles is 1. The monoisotopic (exact) mass is 264 g/mol. The first-order chi connectivity index (χ1) is 9.00. The van der Waals surface area contributed by atoms with E-state index in [1.165, 1.54) is 12.8 Å². The van der Waals surface area contributed by atoms with Gasteiger partial charge in [-0.1, -0.05) is 0 Å². The summed E-state index contributed by atoms with van der Waals surface area (Å²) in [5.41, 5.74) is 4.79. The predicted molar refractivity (Wildman–Crippen MR) is 73.2 cm³/mol. The molecule has 0 radical (unpaired) electrons. The van der Waals surface area contributed by atoms with Gasteiger partial charge in [0.05, 0.1) is 6.07 Å². The van der Waals surface area contributed by atoms with Crippen LogP contribution in [0, 0.1) is 17.2 Å². The maximum atomic E-state index is 10.9. The van der Waals surface area contributed by atoms with Crippen LogP contribution in [0.25, 0.3) is 0 Å². The van der Waals surface area contributed by atoms with E-state index in [0.717, 1.165) is 32.5 Å². The molecule has 0 bridgehead atoms. The smallest absolute Gasteiger partial charge is 0.217 e. The average Bonchev–Trinajstić information content (AvgIpc) is 3.15. The van der Waals surface area contributed by atoms with E-state index in [1.807, 2.05) is 6.92 Å². The van der Waals surface area contributed by atoms with Crippen LogP contribution in [0.1, 0.15) is 39.0 Å². The Morgan fingerprint density at radius 1 is 1.42 bits per heavy atom. The minimum absolute atomic E-state index is 0.198. The number of amides is 1. The number of nitrogens with zero attached hydrogens (tertiary/aromatic N) is 2. The quantitative estimate of drug-likeness (QED) is 0.736. The number of nitrogens with one attached hydrogen (secondary N) is 1. The van der Waals surface area contributed by atoms with Gasteiger partial charge in [-0.25, -0.2) is 0 Å². The molecule has 2 fully saturated rings.